The average Bonchev–Trinajstić information content (AvgIpc) is 2.72. The van der Waals surface area contributed by atoms with Crippen molar-refractivity contribution in [3.8, 4) is 0 Å². The number of aromatic nitrogens is 1. The molecule has 162 valence electrons. The van der Waals surface area contributed by atoms with Crippen molar-refractivity contribution in [3.63, 3.8) is 0 Å². The molecule has 9 heteroatoms. The van der Waals surface area contributed by atoms with E-state index in [1.165, 1.54) is 6.34 Å². The first-order valence-corrected chi connectivity index (χ1v) is 11.7. The second-order valence-electron chi connectivity index (χ2n) is 7.90. The highest BCUT2D eigenvalue weighted by Gasteiger charge is 2.27. The Kier molecular flexibility index (Phi) is 6.13. The molecule has 4 rings (SSSR count). The predicted molar refractivity (Wildman–Crippen MR) is 125 cm³/mol. The molecule has 31 heavy (non-hydrogen) atoms. The summed E-state index contributed by atoms with van der Waals surface area (Å²) in [5, 5.41) is 6.00. The summed E-state index contributed by atoms with van der Waals surface area (Å²) < 4.78 is 28.7. The molecule has 2 heterocycles. The van der Waals surface area contributed by atoms with Crippen LogP contribution in [0.4, 0.5) is 5.69 Å². The predicted octanol–water partition coefficient (Wildman–Crippen LogP) is 3.46. The number of fused-ring (bicyclic) bond motifs is 1. The molecule has 3 aromatic rings. The van der Waals surface area contributed by atoms with Crippen LogP contribution in [0.15, 0.2) is 64.2 Å². The van der Waals surface area contributed by atoms with Crippen LogP contribution in [0.25, 0.3) is 10.8 Å². The van der Waals surface area contributed by atoms with Gasteiger partial charge in [-0.2, -0.15) is 8.42 Å². The number of anilines is 1. The fourth-order valence-electron chi connectivity index (χ4n) is 3.51. The summed E-state index contributed by atoms with van der Waals surface area (Å²) in [4.78, 5) is 8.00. The molecule has 0 saturated carbocycles. The number of sulfonamides is 1. The van der Waals surface area contributed by atoms with Crippen molar-refractivity contribution in [1.29, 1.82) is 0 Å². The molecule has 0 unspecified atom stereocenters. The maximum absolute atomic E-state index is 12.5. The van der Waals surface area contributed by atoms with Crippen LogP contribution in [0.2, 0.25) is 5.02 Å². The van der Waals surface area contributed by atoms with E-state index in [0.717, 1.165) is 35.1 Å². The van der Waals surface area contributed by atoms with Gasteiger partial charge in [-0.05, 0) is 41.3 Å². The zero-order chi connectivity index (χ0) is 22.0. The molecule has 0 radical (unpaired) electrons. The lowest BCUT2D eigenvalue weighted by Crippen LogP contribution is -2.54. The van der Waals surface area contributed by atoms with Crippen molar-refractivity contribution >= 4 is 44.4 Å². The van der Waals surface area contributed by atoms with Crippen LogP contribution in [0.1, 0.15) is 5.56 Å². The second-order valence-corrected chi connectivity index (χ2v) is 9.91. The van der Waals surface area contributed by atoms with Crippen LogP contribution in [0.5, 0.6) is 0 Å². The van der Waals surface area contributed by atoms with E-state index in [2.05, 4.69) is 37.8 Å². The Hall–Kier alpha value is -2.68. The summed E-state index contributed by atoms with van der Waals surface area (Å²) in [5.41, 5.74) is 1.97. The maximum atomic E-state index is 12.5. The lowest BCUT2D eigenvalue weighted by Gasteiger charge is -2.40. The number of hydrogen-bond acceptors (Lipinski definition) is 5. The van der Waals surface area contributed by atoms with E-state index in [1.807, 2.05) is 18.3 Å². The van der Waals surface area contributed by atoms with Gasteiger partial charge >= 0.3 is 0 Å². The molecule has 1 N–H and O–H groups in total. The van der Waals surface area contributed by atoms with Gasteiger partial charge in [0.05, 0.1) is 11.1 Å². The monoisotopic (exact) mass is 457 g/mol. The standard InChI is InChI=1S/C22H24ClN5O2S/c1-27(2)15-25-31(29,30)22-9-16(3-6-21(22)23)12-28-13-20(14-28)26-19-5-4-18-11-24-8-7-17(18)10-19/h3-11,15,20,26H,12-14H2,1-2H3. The Morgan fingerprint density at radius 1 is 1.19 bits per heavy atom. The number of benzene rings is 2. The summed E-state index contributed by atoms with van der Waals surface area (Å²) in [6.45, 7) is 2.40. The van der Waals surface area contributed by atoms with E-state index in [4.69, 9.17) is 11.6 Å². The minimum Gasteiger partial charge on any atom is -0.380 e. The van der Waals surface area contributed by atoms with E-state index in [9.17, 15) is 8.42 Å². The minimum atomic E-state index is -3.84. The van der Waals surface area contributed by atoms with E-state index in [0.29, 0.717) is 12.6 Å². The van der Waals surface area contributed by atoms with E-state index < -0.39 is 10.0 Å². The number of nitrogens with zero attached hydrogens (tertiary/aromatic N) is 4. The number of pyridine rings is 1. The minimum absolute atomic E-state index is 0.0330. The molecule has 1 aliphatic heterocycles. The summed E-state index contributed by atoms with van der Waals surface area (Å²) >= 11 is 6.14. The molecule has 1 aliphatic rings. The van der Waals surface area contributed by atoms with Gasteiger partial charge in [0, 0.05) is 57.2 Å². The fraction of sp³-hybridized carbons (Fsp3) is 0.273. The first kappa shape index (κ1) is 21.5. The van der Waals surface area contributed by atoms with Crippen molar-refractivity contribution in [3.05, 3.63) is 65.4 Å². The largest absolute Gasteiger partial charge is 0.380 e. The summed E-state index contributed by atoms with van der Waals surface area (Å²) in [5.74, 6) is 0. The number of nitrogens with one attached hydrogen (secondary N) is 1. The molecular formula is C22H24ClN5O2S. The maximum Gasteiger partial charge on any atom is 0.285 e. The van der Waals surface area contributed by atoms with Crippen LogP contribution < -0.4 is 5.32 Å². The molecule has 0 bridgehead atoms. The van der Waals surface area contributed by atoms with Crippen LogP contribution in [0, 0.1) is 0 Å². The first-order chi connectivity index (χ1) is 14.8. The SMILES string of the molecule is CN(C)C=NS(=O)(=O)c1cc(CN2CC(Nc3ccc4cnccc4c3)C2)ccc1Cl. The van der Waals surface area contributed by atoms with Crippen molar-refractivity contribution in [2.75, 3.05) is 32.5 Å². The van der Waals surface area contributed by atoms with Gasteiger partial charge in [0.1, 0.15) is 11.2 Å². The smallest absolute Gasteiger partial charge is 0.285 e. The number of rotatable bonds is 7. The second kappa shape index (κ2) is 8.82. The highest BCUT2D eigenvalue weighted by molar-refractivity contribution is 7.90. The quantitative estimate of drug-likeness (QED) is 0.432. The molecule has 0 aliphatic carbocycles. The van der Waals surface area contributed by atoms with Crippen LogP contribution >= 0.6 is 11.6 Å². The molecule has 0 spiro atoms. The van der Waals surface area contributed by atoms with Gasteiger partial charge in [-0.25, -0.2) is 0 Å². The average molecular weight is 458 g/mol. The zero-order valence-corrected chi connectivity index (χ0v) is 18.9. The molecule has 0 atom stereocenters. The highest BCUT2D eigenvalue weighted by Crippen LogP contribution is 2.26. The number of halogens is 1. The fourth-order valence-corrected chi connectivity index (χ4v) is 4.97. The molecule has 7 nitrogen and oxygen atoms in total. The summed E-state index contributed by atoms with van der Waals surface area (Å²) in [6, 6.07) is 13.7. The van der Waals surface area contributed by atoms with Crippen molar-refractivity contribution in [1.82, 2.24) is 14.8 Å². The van der Waals surface area contributed by atoms with Crippen molar-refractivity contribution in [2.24, 2.45) is 4.40 Å². The van der Waals surface area contributed by atoms with Gasteiger partial charge < -0.3 is 10.2 Å². The molecule has 1 fully saturated rings. The third-order valence-electron chi connectivity index (χ3n) is 5.07. The summed E-state index contributed by atoms with van der Waals surface area (Å²) in [7, 11) is -0.424. The Morgan fingerprint density at radius 3 is 2.77 bits per heavy atom. The first-order valence-electron chi connectivity index (χ1n) is 9.88. The molecular weight excluding hydrogens is 434 g/mol. The summed E-state index contributed by atoms with van der Waals surface area (Å²) in [6.07, 6.45) is 4.91. The third kappa shape index (κ3) is 5.15. The van der Waals surface area contributed by atoms with Gasteiger partial charge in [0.15, 0.2) is 0 Å². The Labute approximate surface area is 187 Å². The van der Waals surface area contributed by atoms with Gasteiger partial charge in [-0.3, -0.25) is 9.88 Å². The lowest BCUT2D eigenvalue weighted by atomic mass is 10.1. The van der Waals surface area contributed by atoms with E-state index >= 15 is 0 Å². The Morgan fingerprint density at radius 2 is 2.00 bits per heavy atom. The molecule has 0 amide bonds. The Balaban J connectivity index is 1.38. The van der Waals surface area contributed by atoms with Gasteiger partial charge in [-0.1, -0.05) is 23.7 Å². The van der Waals surface area contributed by atoms with Gasteiger partial charge in [0.2, 0.25) is 0 Å². The van der Waals surface area contributed by atoms with Crippen LogP contribution in [-0.2, 0) is 16.6 Å². The van der Waals surface area contributed by atoms with Crippen molar-refractivity contribution < 1.29 is 8.42 Å². The highest BCUT2D eigenvalue weighted by atomic mass is 35.5. The number of hydrogen-bond donors (Lipinski definition) is 1. The molecule has 2 aromatic carbocycles. The topological polar surface area (TPSA) is 77.9 Å². The van der Waals surface area contributed by atoms with Crippen molar-refractivity contribution in [2.45, 2.75) is 17.5 Å². The number of likely N-dealkylation sites (tertiary alicyclic amines) is 1. The zero-order valence-electron chi connectivity index (χ0n) is 17.4. The molecule has 1 aromatic heterocycles. The van der Waals surface area contributed by atoms with E-state index in [1.54, 1.807) is 37.3 Å². The van der Waals surface area contributed by atoms with Gasteiger partial charge in [-0.15, -0.1) is 4.40 Å². The third-order valence-corrected chi connectivity index (χ3v) is 6.77. The van der Waals surface area contributed by atoms with Crippen LogP contribution in [0.3, 0.4) is 0 Å². The van der Waals surface area contributed by atoms with E-state index in [-0.39, 0.29) is 9.92 Å². The Bertz CT molecular complexity index is 1220. The lowest BCUT2D eigenvalue weighted by molar-refractivity contribution is 0.153. The van der Waals surface area contributed by atoms with Gasteiger partial charge in [0.25, 0.3) is 10.0 Å². The van der Waals surface area contributed by atoms with Crippen LogP contribution in [-0.4, -0.2) is 62.8 Å². The molecule has 1 saturated heterocycles. The normalized spacial score (nSPS) is 15.3.